The molecule has 0 bridgehead atoms. The zero-order chi connectivity index (χ0) is 11.5. The molecular formula is C11H18N4. The predicted octanol–water partition coefficient (Wildman–Crippen LogP) is 2.15. The minimum atomic E-state index is 0.138. The second kappa shape index (κ2) is 4.43. The molecule has 0 aliphatic carbocycles. The first-order valence-electron chi connectivity index (χ1n) is 5.30. The van der Waals surface area contributed by atoms with Crippen molar-refractivity contribution in [2.24, 2.45) is 5.41 Å². The first kappa shape index (κ1) is 11.7. The van der Waals surface area contributed by atoms with Gasteiger partial charge in [0.25, 0.3) is 0 Å². The van der Waals surface area contributed by atoms with Crippen LogP contribution in [0.4, 0.5) is 0 Å². The van der Waals surface area contributed by atoms with Gasteiger partial charge in [0.05, 0.1) is 0 Å². The Kier molecular flexibility index (Phi) is 3.46. The SMILES string of the molecule is CCCn1nnc(CC(C)(C)C)c1C#N. The molecule has 0 fully saturated rings. The largest absolute Gasteiger partial charge is 0.234 e. The second-order valence-corrected chi connectivity index (χ2v) is 4.96. The summed E-state index contributed by atoms with van der Waals surface area (Å²) in [5, 5.41) is 17.1. The van der Waals surface area contributed by atoms with Crippen LogP contribution >= 0.6 is 0 Å². The van der Waals surface area contributed by atoms with Crippen LogP contribution in [0.25, 0.3) is 0 Å². The van der Waals surface area contributed by atoms with Gasteiger partial charge in [0, 0.05) is 6.54 Å². The molecule has 1 rings (SSSR count). The summed E-state index contributed by atoms with van der Waals surface area (Å²) in [6.07, 6.45) is 1.76. The van der Waals surface area contributed by atoms with Crippen LogP contribution in [0.15, 0.2) is 0 Å². The molecular weight excluding hydrogens is 188 g/mol. The van der Waals surface area contributed by atoms with Crippen molar-refractivity contribution in [1.29, 1.82) is 5.26 Å². The van der Waals surface area contributed by atoms with E-state index in [0.717, 1.165) is 25.1 Å². The second-order valence-electron chi connectivity index (χ2n) is 4.96. The standard InChI is InChI=1S/C11H18N4/c1-5-6-15-10(8-12)9(13-14-15)7-11(2,3)4/h5-7H2,1-4H3. The average molecular weight is 206 g/mol. The van der Waals surface area contributed by atoms with E-state index in [-0.39, 0.29) is 5.41 Å². The molecule has 0 N–H and O–H groups in total. The molecule has 0 unspecified atom stereocenters. The highest BCUT2D eigenvalue weighted by molar-refractivity contribution is 5.25. The highest BCUT2D eigenvalue weighted by Crippen LogP contribution is 2.21. The maximum Gasteiger partial charge on any atom is 0.161 e. The van der Waals surface area contributed by atoms with E-state index in [0.29, 0.717) is 5.69 Å². The lowest BCUT2D eigenvalue weighted by Crippen LogP contribution is -2.11. The summed E-state index contributed by atoms with van der Waals surface area (Å²) >= 11 is 0. The molecule has 4 nitrogen and oxygen atoms in total. The Bertz CT molecular complexity index is 365. The Balaban J connectivity index is 2.95. The molecule has 0 aliphatic heterocycles. The lowest BCUT2D eigenvalue weighted by Gasteiger charge is -2.15. The van der Waals surface area contributed by atoms with Gasteiger partial charge < -0.3 is 0 Å². The molecule has 1 aromatic heterocycles. The Morgan fingerprint density at radius 3 is 2.53 bits per heavy atom. The van der Waals surface area contributed by atoms with E-state index in [9.17, 15) is 0 Å². The van der Waals surface area contributed by atoms with Crippen molar-refractivity contribution in [3.63, 3.8) is 0 Å². The van der Waals surface area contributed by atoms with Crippen LogP contribution < -0.4 is 0 Å². The van der Waals surface area contributed by atoms with Crippen molar-refractivity contribution in [1.82, 2.24) is 15.0 Å². The highest BCUT2D eigenvalue weighted by Gasteiger charge is 2.19. The minimum Gasteiger partial charge on any atom is -0.234 e. The summed E-state index contributed by atoms with van der Waals surface area (Å²) in [6, 6.07) is 2.19. The summed E-state index contributed by atoms with van der Waals surface area (Å²) in [5.74, 6) is 0. The normalized spacial score (nSPS) is 11.4. The molecule has 0 radical (unpaired) electrons. The van der Waals surface area contributed by atoms with Crippen LogP contribution in [0, 0.1) is 16.7 Å². The lowest BCUT2D eigenvalue weighted by atomic mass is 9.90. The molecule has 0 saturated heterocycles. The van der Waals surface area contributed by atoms with Crippen LogP contribution in [0.5, 0.6) is 0 Å². The zero-order valence-corrected chi connectivity index (χ0v) is 9.91. The maximum absolute atomic E-state index is 9.06. The van der Waals surface area contributed by atoms with E-state index in [1.165, 1.54) is 0 Å². The summed E-state index contributed by atoms with van der Waals surface area (Å²) in [5.41, 5.74) is 1.57. The van der Waals surface area contributed by atoms with Crippen LogP contribution in [-0.4, -0.2) is 15.0 Å². The predicted molar refractivity (Wildman–Crippen MR) is 58.2 cm³/mol. The number of aromatic nitrogens is 3. The first-order valence-corrected chi connectivity index (χ1v) is 5.30. The fourth-order valence-corrected chi connectivity index (χ4v) is 1.46. The molecule has 0 spiro atoms. The zero-order valence-electron chi connectivity index (χ0n) is 9.91. The molecule has 0 amide bonds. The molecule has 0 saturated carbocycles. The highest BCUT2D eigenvalue weighted by atomic mass is 15.4. The van der Waals surface area contributed by atoms with Gasteiger partial charge >= 0.3 is 0 Å². The van der Waals surface area contributed by atoms with E-state index >= 15 is 0 Å². The van der Waals surface area contributed by atoms with E-state index in [2.05, 4.69) is 44.1 Å². The fourth-order valence-electron chi connectivity index (χ4n) is 1.46. The third-order valence-electron chi connectivity index (χ3n) is 2.04. The Labute approximate surface area is 90.9 Å². The number of nitriles is 1. The molecule has 4 heteroatoms. The van der Waals surface area contributed by atoms with Gasteiger partial charge in [-0.3, -0.25) is 0 Å². The minimum absolute atomic E-state index is 0.138. The topological polar surface area (TPSA) is 54.5 Å². The van der Waals surface area contributed by atoms with Crippen molar-refractivity contribution >= 4 is 0 Å². The van der Waals surface area contributed by atoms with Gasteiger partial charge in [0.15, 0.2) is 5.69 Å². The summed E-state index contributed by atoms with van der Waals surface area (Å²) in [4.78, 5) is 0. The molecule has 0 atom stereocenters. The third kappa shape index (κ3) is 3.05. The molecule has 0 aliphatic rings. The first-order chi connectivity index (χ1) is 6.98. The van der Waals surface area contributed by atoms with Crippen molar-refractivity contribution in [2.45, 2.75) is 47.1 Å². The smallest absolute Gasteiger partial charge is 0.161 e. The quantitative estimate of drug-likeness (QED) is 0.761. The van der Waals surface area contributed by atoms with Crippen LogP contribution in [-0.2, 0) is 13.0 Å². The number of rotatable bonds is 3. The number of hydrogen-bond donors (Lipinski definition) is 0. The summed E-state index contributed by atoms with van der Waals surface area (Å²) in [6.45, 7) is 9.22. The van der Waals surface area contributed by atoms with Crippen molar-refractivity contribution in [2.75, 3.05) is 0 Å². The maximum atomic E-state index is 9.06. The molecule has 0 aromatic carbocycles. The van der Waals surface area contributed by atoms with Gasteiger partial charge in [-0.15, -0.1) is 5.10 Å². The number of nitrogens with zero attached hydrogens (tertiary/aromatic N) is 4. The summed E-state index contributed by atoms with van der Waals surface area (Å²) in [7, 11) is 0. The molecule has 15 heavy (non-hydrogen) atoms. The van der Waals surface area contributed by atoms with Gasteiger partial charge in [-0.25, -0.2) is 4.68 Å². The number of hydrogen-bond acceptors (Lipinski definition) is 3. The van der Waals surface area contributed by atoms with Gasteiger partial charge in [-0.05, 0) is 18.3 Å². The molecule has 1 heterocycles. The van der Waals surface area contributed by atoms with Crippen molar-refractivity contribution in [3.8, 4) is 6.07 Å². The Hall–Kier alpha value is -1.37. The van der Waals surface area contributed by atoms with E-state index in [4.69, 9.17) is 5.26 Å². The molecule has 1 aromatic rings. The van der Waals surface area contributed by atoms with Gasteiger partial charge in [0.2, 0.25) is 0 Å². The van der Waals surface area contributed by atoms with Crippen molar-refractivity contribution < 1.29 is 0 Å². The van der Waals surface area contributed by atoms with Crippen LogP contribution in [0.1, 0.15) is 45.5 Å². The number of aryl methyl sites for hydroxylation is 1. The fraction of sp³-hybridized carbons (Fsp3) is 0.727. The third-order valence-corrected chi connectivity index (χ3v) is 2.04. The van der Waals surface area contributed by atoms with Gasteiger partial charge in [-0.1, -0.05) is 32.9 Å². The van der Waals surface area contributed by atoms with E-state index in [1.54, 1.807) is 4.68 Å². The van der Waals surface area contributed by atoms with Crippen LogP contribution in [0.3, 0.4) is 0 Å². The van der Waals surface area contributed by atoms with E-state index < -0.39 is 0 Å². The van der Waals surface area contributed by atoms with E-state index in [1.807, 2.05) is 0 Å². The summed E-state index contributed by atoms with van der Waals surface area (Å²) < 4.78 is 1.70. The van der Waals surface area contributed by atoms with Gasteiger partial charge in [0.1, 0.15) is 11.8 Å². The molecule has 82 valence electrons. The monoisotopic (exact) mass is 206 g/mol. The van der Waals surface area contributed by atoms with Crippen LogP contribution in [0.2, 0.25) is 0 Å². The van der Waals surface area contributed by atoms with Gasteiger partial charge in [-0.2, -0.15) is 5.26 Å². The average Bonchev–Trinajstić information content (AvgIpc) is 2.45. The Morgan fingerprint density at radius 1 is 1.40 bits per heavy atom. The van der Waals surface area contributed by atoms with Crippen molar-refractivity contribution in [3.05, 3.63) is 11.4 Å². The lowest BCUT2D eigenvalue weighted by molar-refractivity contribution is 0.405. The Morgan fingerprint density at radius 2 is 2.07 bits per heavy atom.